The van der Waals surface area contributed by atoms with Gasteiger partial charge in [0.2, 0.25) is 0 Å². The van der Waals surface area contributed by atoms with Crippen LogP contribution in [0.1, 0.15) is 125 Å². The van der Waals surface area contributed by atoms with E-state index in [-0.39, 0.29) is 67.9 Å². The molecule has 6 nitrogen and oxygen atoms in total. The second-order valence-corrected chi connectivity index (χ2v) is 16.2. The number of carbonyl (C=O) groups is 3. The summed E-state index contributed by atoms with van der Waals surface area (Å²) in [5, 5.41) is 28.7. The van der Waals surface area contributed by atoms with Crippen molar-refractivity contribution < 1.29 is 46.8 Å². The van der Waals surface area contributed by atoms with Gasteiger partial charge in [-0.2, -0.15) is 0 Å². The minimum absolute atomic E-state index is 0. The van der Waals surface area contributed by atoms with E-state index >= 15 is 0 Å². The molecule has 3 N–H and O–H groups in total. The summed E-state index contributed by atoms with van der Waals surface area (Å²) in [5.74, 6) is 0.312. The maximum absolute atomic E-state index is 11.5. The summed E-state index contributed by atoms with van der Waals surface area (Å²) in [6.07, 6.45) is 4.00. The third-order valence-electron chi connectivity index (χ3n) is 5.33. The van der Waals surface area contributed by atoms with Crippen molar-refractivity contribution in [2.75, 3.05) is 0 Å². The zero-order chi connectivity index (χ0) is 32.6. The first kappa shape index (κ1) is 45.1. The van der Waals surface area contributed by atoms with E-state index in [1.807, 2.05) is 125 Å². The van der Waals surface area contributed by atoms with Crippen LogP contribution in [0.4, 0.5) is 0 Å². The van der Waals surface area contributed by atoms with Crippen LogP contribution in [0.15, 0.2) is 35.5 Å². The number of allylic oxidation sites excluding steroid dienone is 6. The molecule has 7 heteroatoms. The van der Waals surface area contributed by atoms with E-state index in [1.165, 1.54) is 18.2 Å². The summed E-state index contributed by atoms with van der Waals surface area (Å²) in [6, 6.07) is 0. The van der Waals surface area contributed by atoms with Gasteiger partial charge in [-0.05, 0) is 0 Å². The molecule has 0 aromatic rings. The zero-order valence-electron chi connectivity index (χ0n) is 28.7. The molecule has 0 aliphatic rings. The van der Waals surface area contributed by atoms with E-state index in [0.717, 1.165) is 0 Å². The third-order valence-corrected chi connectivity index (χ3v) is 5.33. The molecule has 0 aromatic heterocycles. The standard InChI is InChI=1S/3C11H20O2.Mn/c3*1-10(2,3)8(12)7-9(13)11(4,5)6;/h3*7,12H,1-6H3;/b3*8-7-;. The summed E-state index contributed by atoms with van der Waals surface area (Å²) in [7, 11) is 0. The monoisotopic (exact) mass is 607 g/mol. The Morgan fingerprint density at radius 1 is 0.350 bits per heavy atom. The van der Waals surface area contributed by atoms with E-state index in [2.05, 4.69) is 0 Å². The minimum Gasteiger partial charge on any atom is -0.512 e. The maximum atomic E-state index is 11.5. The molecule has 0 amide bonds. The Morgan fingerprint density at radius 2 is 0.475 bits per heavy atom. The van der Waals surface area contributed by atoms with E-state index in [4.69, 9.17) is 0 Å². The minimum atomic E-state index is -0.417. The van der Waals surface area contributed by atoms with Gasteiger partial charge < -0.3 is 15.3 Å². The number of aliphatic hydroxyl groups excluding tert-OH is 3. The molecule has 0 bridgehead atoms. The molecule has 0 unspecified atom stereocenters. The molecule has 0 fully saturated rings. The second-order valence-electron chi connectivity index (χ2n) is 16.2. The van der Waals surface area contributed by atoms with Gasteiger partial charge in [0.05, 0.1) is 0 Å². The summed E-state index contributed by atoms with van der Waals surface area (Å²) in [6.45, 7) is 33.3. The van der Waals surface area contributed by atoms with Crippen molar-refractivity contribution in [3.05, 3.63) is 35.5 Å². The first-order valence-corrected chi connectivity index (χ1v) is 13.5. The van der Waals surface area contributed by atoms with Crippen molar-refractivity contribution in [3.63, 3.8) is 0 Å². The predicted molar refractivity (Wildman–Crippen MR) is 164 cm³/mol. The largest absolute Gasteiger partial charge is 0.512 e. The molecule has 235 valence electrons. The fourth-order valence-corrected chi connectivity index (χ4v) is 1.67. The van der Waals surface area contributed by atoms with Crippen LogP contribution in [0.25, 0.3) is 0 Å². The number of rotatable bonds is 3. The zero-order valence-corrected chi connectivity index (χ0v) is 29.9. The Bertz CT molecular complexity index is 801. The molecule has 0 heterocycles. The van der Waals surface area contributed by atoms with Gasteiger partial charge in [-0.1, -0.05) is 125 Å². The van der Waals surface area contributed by atoms with Gasteiger partial charge in [0.1, 0.15) is 17.3 Å². The van der Waals surface area contributed by atoms with Gasteiger partial charge >= 0.3 is 0 Å². The van der Waals surface area contributed by atoms with Crippen LogP contribution in [0.2, 0.25) is 0 Å². The Morgan fingerprint density at radius 3 is 0.550 bits per heavy atom. The molecule has 1 radical (unpaired) electrons. The molecule has 0 aliphatic carbocycles. The van der Waals surface area contributed by atoms with Gasteiger partial charge in [-0.25, -0.2) is 0 Å². The first-order valence-electron chi connectivity index (χ1n) is 13.5. The quantitative estimate of drug-likeness (QED) is 0.167. The van der Waals surface area contributed by atoms with E-state index < -0.39 is 16.2 Å². The van der Waals surface area contributed by atoms with Crippen molar-refractivity contribution in [1.29, 1.82) is 0 Å². The van der Waals surface area contributed by atoms with Crippen LogP contribution in [0.5, 0.6) is 0 Å². The molecule has 0 atom stereocenters. The Labute approximate surface area is 256 Å². The van der Waals surface area contributed by atoms with Crippen molar-refractivity contribution in [2.24, 2.45) is 32.5 Å². The fraction of sp³-hybridized carbons (Fsp3) is 0.727. The van der Waals surface area contributed by atoms with Crippen LogP contribution in [0, 0.1) is 32.5 Å². The SMILES string of the molecule is CC(C)(C)C(=O)/C=C(\O)C(C)(C)C.CC(C)(C)C(=O)/C=C(\O)C(C)(C)C.CC(C)(C)C(=O)/C=C(\O)C(C)(C)C.[Mn]. The number of carbonyl (C=O) groups excluding carboxylic acids is 3. The Hall–Kier alpha value is -1.85. The average Bonchev–Trinajstić information content (AvgIpc) is 2.64. The van der Waals surface area contributed by atoms with E-state index in [9.17, 15) is 29.7 Å². The average molecular weight is 608 g/mol. The number of hydrogen-bond donors (Lipinski definition) is 3. The molecule has 0 aliphatic heterocycles. The smallest absolute Gasteiger partial charge is 0.164 e. The van der Waals surface area contributed by atoms with Crippen LogP contribution in [0.3, 0.4) is 0 Å². The molecule has 0 spiro atoms. The Balaban J connectivity index is -0.000000240. The van der Waals surface area contributed by atoms with Crippen LogP contribution < -0.4 is 0 Å². The second kappa shape index (κ2) is 16.0. The number of ketones is 3. The summed E-state index contributed by atoms with van der Waals surface area (Å²) < 4.78 is 0. The normalized spacial score (nSPS) is 14.1. The van der Waals surface area contributed by atoms with Gasteiger partial charge in [-0.15, -0.1) is 0 Å². The molecule has 0 rings (SSSR count). The molecular formula is C33H60MnO6. The van der Waals surface area contributed by atoms with Crippen molar-refractivity contribution in [3.8, 4) is 0 Å². The van der Waals surface area contributed by atoms with Crippen LogP contribution in [-0.4, -0.2) is 32.7 Å². The van der Waals surface area contributed by atoms with Gasteiger partial charge in [0.25, 0.3) is 0 Å². The number of aliphatic hydroxyl groups is 3. The van der Waals surface area contributed by atoms with Crippen LogP contribution in [-0.2, 0) is 31.5 Å². The summed E-state index contributed by atoms with van der Waals surface area (Å²) >= 11 is 0. The first-order chi connectivity index (χ1) is 16.6. The number of hydrogen-bond acceptors (Lipinski definition) is 6. The fourth-order valence-electron chi connectivity index (χ4n) is 1.67. The maximum Gasteiger partial charge on any atom is 0.164 e. The Kier molecular flexibility index (Phi) is 18.0. The van der Waals surface area contributed by atoms with Crippen LogP contribution >= 0.6 is 0 Å². The summed E-state index contributed by atoms with van der Waals surface area (Å²) in [5.41, 5.74) is -2.29. The molecule has 40 heavy (non-hydrogen) atoms. The molecule has 0 aromatic carbocycles. The molecular weight excluding hydrogens is 547 g/mol. The van der Waals surface area contributed by atoms with E-state index in [1.54, 1.807) is 0 Å². The topological polar surface area (TPSA) is 112 Å². The molecule has 0 saturated heterocycles. The summed E-state index contributed by atoms with van der Waals surface area (Å²) in [4.78, 5) is 34.5. The van der Waals surface area contributed by atoms with Gasteiger partial charge in [0.15, 0.2) is 17.3 Å². The van der Waals surface area contributed by atoms with Crippen molar-refractivity contribution in [1.82, 2.24) is 0 Å². The predicted octanol–water partition coefficient (Wildman–Crippen LogP) is 9.27. The van der Waals surface area contributed by atoms with E-state index in [0.29, 0.717) is 0 Å². The van der Waals surface area contributed by atoms with Crippen molar-refractivity contribution >= 4 is 17.3 Å². The van der Waals surface area contributed by atoms with Crippen molar-refractivity contribution in [2.45, 2.75) is 125 Å². The third kappa shape index (κ3) is 21.0. The molecule has 0 saturated carbocycles. The van der Waals surface area contributed by atoms with Gasteiger partial charge in [0, 0.05) is 67.8 Å². The van der Waals surface area contributed by atoms with Gasteiger partial charge in [-0.3, -0.25) is 14.4 Å².